The van der Waals surface area contributed by atoms with Gasteiger partial charge < -0.3 is 10.2 Å². The molecule has 0 unspecified atom stereocenters. The van der Waals surface area contributed by atoms with Gasteiger partial charge in [0.2, 0.25) is 5.91 Å². The first-order valence-corrected chi connectivity index (χ1v) is 8.82. The minimum atomic E-state index is 0.0503. The second-order valence-corrected chi connectivity index (χ2v) is 6.80. The van der Waals surface area contributed by atoms with Gasteiger partial charge in [-0.25, -0.2) is 0 Å². The molecule has 1 N–H and O–H groups in total. The first-order chi connectivity index (χ1) is 11.6. The van der Waals surface area contributed by atoms with E-state index in [2.05, 4.69) is 58.7 Å². The quantitative estimate of drug-likeness (QED) is 0.913. The Morgan fingerprint density at radius 3 is 2.50 bits per heavy atom. The topological polar surface area (TPSA) is 32.3 Å². The molecule has 0 aromatic heterocycles. The van der Waals surface area contributed by atoms with Crippen LogP contribution in [0, 0.1) is 5.92 Å². The summed E-state index contributed by atoms with van der Waals surface area (Å²) in [4.78, 5) is 14.0. The molecular weight excluding hydrogens is 296 g/mol. The summed E-state index contributed by atoms with van der Waals surface area (Å²) in [5, 5.41) is 2.97. The van der Waals surface area contributed by atoms with Crippen molar-refractivity contribution in [2.45, 2.75) is 33.2 Å². The molecule has 3 nitrogen and oxygen atoms in total. The number of carbonyl (C=O) groups is 1. The molecule has 3 rings (SSSR count). The van der Waals surface area contributed by atoms with Crippen LogP contribution in [0.15, 0.2) is 48.5 Å². The summed E-state index contributed by atoms with van der Waals surface area (Å²) in [6.07, 6.45) is 1.99. The molecule has 0 bridgehead atoms. The van der Waals surface area contributed by atoms with Crippen LogP contribution < -0.4 is 10.2 Å². The normalized spacial score (nSPS) is 13.7. The highest BCUT2D eigenvalue weighted by Crippen LogP contribution is 2.24. The van der Waals surface area contributed by atoms with Crippen LogP contribution in [0.1, 0.15) is 30.5 Å². The second kappa shape index (κ2) is 7.52. The molecule has 0 saturated heterocycles. The number of anilines is 1. The predicted octanol–water partition coefficient (Wildman–Crippen LogP) is 3.56. The minimum absolute atomic E-state index is 0.0503. The lowest BCUT2D eigenvalue weighted by Crippen LogP contribution is -2.30. The molecule has 1 aliphatic rings. The van der Waals surface area contributed by atoms with Crippen molar-refractivity contribution in [3.05, 3.63) is 65.2 Å². The smallest absolute Gasteiger partial charge is 0.222 e. The summed E-state index contributed by atoms with van der Waals surface area (Å²) in [7, 11) is 0. The van der Waals surface area contributed by atoms with Gasteiger partial charge in [-0.3, -0.25) is 4.79 Å². The van der Waals surface area contributed by atoms with E-state index in [9.17, 15) is 4.79 Å². The van der Waals surface area contributed by atoms with Gasteiger partial charge in [0.1, 0.15) is 0 Å². The Kier molecular flexibility index (Phi) is 5.19. The lowest BCUT2D eigenvalue weighted by molar-refractivity contribution is -0.123. The molecule has 3 heteroatoms. The molecule has 2 aromatic rings. The predicted molar refractivity (Wildman–Crippen MR) is 99.2 cm³/mol. The number of hydrogen-bond acceptors (Lipinski definition) is 2. The summed E-state index contributed by atoms with van der Waals surface area (Å²) in [6.45, 7) is 6.59. The van der Waals surface area contributed by atoms with Crippen molar-refractivity contribution in [2.24, 2.45) is 5.92 Å². The Bertz CT molecular complexity index is 691. The number of carbonyl (C=O) groups excluding carboxylic acids is 1. The Hall–Kier alpha value is -2.29. The molecule has 126 valence electrons. The summed E-state index contributed by atoms with van der Waals surface area (Å²) in [5.74, 6) is 0.174. The van der Waals surface area contributed by atoms with E-state index in [0.29, 0.717) is 6.54 Å². The third-order valence-electron chi connectivity index (χ3n) is 4.67. The van der Waals surface area contributed by atoms with E-state index in [1.807, 2.05) is 13.8 Å². The number of hydrogen-bond donors (Lipinski definition) is 1. The van der Waals surface area contributed by atoms with Crippen LogP contribution in [0.2, 0.25) is 0 Å². The van der Waals surface area contributed by atoms with Crippen LogP contribution in [0.3, 0.4) is 0 Å². The molecule has 0 fully saturated rings. The van der Waals surface area contributed by atoms with E-state index in [1.54, 1.807) is 0 Å². The fourth-order valence-electron chi connectivity index (χ4n) is 3.12. The van der Waals surface area contributed by atoms with Crippen molar-refractivity contribution >= 4 is 11.6 Å². The maximum atomic E-state index is 11.6. The van der Waals surface area contributed by atoms with Gasteiger partial charge in [0, 0.05) is 31.2 Å². The Labute approximate surface area is 144 Å². The van der Waals surface area contributed by atoms with E-state index in [4.69, 9.17) is 0 Å². The van der Waals surface area contributed by atoms with Crippen LogP contribution in [0.4, 0.5) is 5.69 Å². The van der Waals surface area contributed by atoms with Gasteiger partial charge >= 0.3 is 0 Å². The van der Waals surface area contributed by atoms with E-state index >= 15 is 0 Å². The van der Waals surface area contributed by atoms with Crippen LogP contribution >= 0.6 is 0 Å². The SMILES string of the molecule is CC(C)C(=O)NCCc1ccc(N2CCc3ccccc3C2)cc1. The lowest BCUT2D eigenvalue weighted by Gasteiger charge is -2.30. The van der Waals surface area contributed by atoms with Gasteiger partial charge in [0.15, 0.2) is 0 Å². The van der Waals surface area contributed by atoms with Crippen molar-refractivity contribution in [2.75, 3.05) is 18.0 Å². The molecule has 2 aromatic carbocycles. The zero-order chi connectivity index (χ0) is 16.9. The highest BCUT2D eigenvalue weighted by Gasteiger charge is 2.15. The van der Waals surface area contributed by atoms with Gasteiger partial charge in [-0.1, -0.05) is 50.2 Å². The van der Waals surface area contributed by atoms with Crippen LogP contribution in [0.5, 0.6) is 0 Å². The molecule has 0 spiro atoms. The highest BCUT2D eigenvalue weighted by molar-refractivity contribution is 5.77. The maximum absolute atomic E-state index is 11.6. The molecular formula is C21H26N2O. The first-order valence-electron chi connectivity index (χ1n) is 8.82. The van der Waals surface area contributed by atoms with Crippen molar-refractivity contribution in [1.82, 2.24) is 5.32 Å². The first kappa shape index (κ1) is 16.6. The number of fused-ring (bicyclic) bond motifs is 1. The number of benzene rings is 2. The van der Waals surface area contributed by atoms with E-state index in [-0.39, 0.29) is 11.8 Å². The largest absolute Gasteiger partial charge is 0.367 e. The molecule has 0 saturated carbocycles. The van der Waals surface area contributed by atoms with Crippen molar-refractivity contribution in [3.63, 3.8) is 0 Å². The average molecular weight is 322 g/mol. The second-order valence-electron chi connectivity index (χ2n) is 6.80. The Morgan fingerprint density at radius 1 is 1.08 bits per heavy atom. The molecule has 1 heterocycles. The number of amides is 1. The van der Waals surface area contributed by atoms with Gasteiger partial charge in [-0.15, -0.1) is 0 Å². The molecule has 0 radical (unpaired) electrons. The van der Waals surface area contributed by atoms with Gasteiger partial charge in [0.05, 0.1) is 0 Å². The number of nitrogens with one attached hydrogen (secondary N) is 1. The van der Waals surface area contributed by atoms with Crippen molar-refractivity contribution in [1.29, 1.82) is 0 Å². The maximum Gasteiger partial charge on any atom is 0.222 e. The summed E-state index contributed by atoms with van der Waals surface area (Å²) in [6, 6.07) is 17.5. The molecule has 1 amide bonds. The minimum Gasteiger partial charge on any atom is -0.367 e. The standard InChI is InChI=1S/C21H26N2O/c1-16(2)21(24)22-13-11-17-7-9-20(10-8-17)23-14-12-18-5-3-4-6-19(18)15-23/h3-10,16H,11-15H2,1-2H3,(H,22,24). The van der Waals surface area contributed by atoms with E-state index in [0.717, 1.165) is 25.9 Å². The Morgan fingerprint density at radius 2 is 1.79 bits per heavy atom. The van der Waals surface area contributed by atoms with Crippen molar-refractivity contribution < 1.29 is 4.79 Å². The van der Waals surface area contributed by atoms with E-state index in [1.165, 1.54) is 22.4 Å². The van der Waals surface area contributed by atoms with Crippen LogP contribution in [0.25, 0.3) is 0 Å². The molecule has 0 atom stereocenters. The van der Waals surface area contributed by atoms with Gasteiger partial charge in [-0.05, 0) is 41.7 Å². The van der Waals surface area contributed by atoms with E-state index < -0.39 is 0 Å². The highest BCUT2D eigenvalue weighted by atomic mass is 16.1. The lowest BCUT2D eigenvalue weighted by atomic mass is 9.99. The van der Waals surface area contributed by atoms with Crippen LogP contribution in [-0.4, -0.2) is 19.0 Å². The molecule has 24 heavy (non-hydrogen) atoms. The van der Waals surface area contributed by atoms with Crippen molar-refractivity contribution in [3.8, 4) is 0 Å². The number of rotatable bonds is 5. The molecule has 0 aliphatic carbocycles. The molecule has 1 aliphatic heterocycles. The number of nitrogens with zero attached hydrogens (tertiary/aromatic N) is 1. The average Bonchev–Trinajstić information content (AvgIpc) is 2.61. The third-order valence-corrected chi connectivity index (χ3v) is 4.67. The third kappa shape index (κ3) is 3.97. The fraction of sp³-hybridized carbons (Fsp3) is 0.381. The van der Waals surface area contributed by atoms with Gasteiger partial charge in [-0.2, -0.15) is 0 Å². The summed E-state index contributed by atoms with van der Waals surface area (Å²) < 4.78 is 0. The zero-order valence-electron chi connectivity index (χ0n) is 14.6. The monoisotopic (exact) mass is 322 g/mol. The summed E-state index contributed by atoms with van der Waals surface area (Å²) in [5.41, 5.74) is 5.45. The Balaban J connectivity index is 1.56. The fourth-order valence-corrected chi connectivity index (χ4v) is 3.12. The van der Waals surface area contributed by atoms with Gasteiger partial charge in [0.25, 0.3) is 0 Å². The summed E-state index contributed by atoms with van der Waals surface area (Å²) >= 11 is 0. The van der Waals surface area contributed by atoms with Crippen LogP contribution in [-0.2, 0) is 24.2 Å². The zero-order valence-corrected chi connectivity index (χ0v) is 14.6.